The van der Waals surface area contributed by atoms with Crippen LogP contribution in [0.5, 0.6) is 5.75 Å². The molecule has 0 atom stereocenters. The molecule has 1 N–H and O–H groups in total. The van der Waals surface area contributed by atoms with Crippen LogP contribution in [-0.4, -0.2) is 15.5 Å². The lowest BCUT2D eigenvalue weighted by Gasteiger charge is -2.11. The van der Waals surface area contributed by atoms with Crippen LogP contribution in [0.2, 0.25) is 0 Å². The lowest BCUT2D eigenvalue weighted by molar-refractivity contribution is 0.417. The molecular formula is C15H15NO3S. The molecule has 4 nitrogen and oxygen atoms in total. The summed E-state index contributed by atoms with van der Waals surface area (Å²) in [6.07, 6.45) is 1.66. The largest absolute Gasteiger partial charge is 0.495 e. The maximum atomic E-state index is 12.3. The highest BCUT2D eigenvalue weighted by molar-refractivity contribution is 7.92. The molecule has 2 aromatic carbocycles. The standard InChI is InChI=1S/C15H15NO3S/c1-3-12-8-10-13(11-9-12)20(17,18)16-14-6-4-5-7-15(14)19-2/h3-11,16H,1H2,2H3. The van der Waals surface area contributed by atoms with Crippen molar-refractivity contribution in [2.24, 2.45) is 0 Å². The first-order chi connectivity index (χ1) is 9.56. The maximum Gasteiger partial charge on any atom is 0.262 e. The van der Waals surface area contributed by atoms with Gasteiger partial charge in [0.2, 0.25) is 0 Å². The molecule has 0 aliphatic carbocycles. The average molecular weight is 289 g/mol. The monoisotopic (exact) mass is 289 g/mol. The topological polar surface area (TPSA) is 55.4 Å². The van der Waals surface area contributed by atoms with E-state index in [0.29, 0.717) is 11.4 Å². The number of rotatable bonds is 5. The van der Waals surface area contributed by atoms with Gasteiger partial charge in [0.1, 0.15) is 5.75 Å². The molecule has 0 radical (unpaired) electrons. The summed E-state index contributed by atoms with van der Waals surface area (Å²) in [6, 6.07) is 13.3. The summed E-state index contributed by atoms with van der Waals surface area (Å²) in [4.78, 5) is 0.189. The number of benzene rings is 2. The average Bonchev–Trinajstić information content (AvgIpc) is 2.47. The van der Waals surface area contributed by atoms with Crippen LogP contribution in [0.4, 0.5) is 5.69 Å². The van der Waals surface area contributed by atoms with Crippen molar-refractivity contribution in [1.82, 2.24) is 0 Å². The summed E-state index contributed by atoms with van der Waals surface area (Å²) in [5.74, 6) is 0.471. The fourth-order valence-corrected chi connectivity index (χ4v) is 2.79. The smallest absolute Gasteiger partial charge is 0.262 e. The number of methoxy groups -OCH3 is 1. The molecule has 0 bridgehead atoms. The molecule has 0 unspecified atom stereocenters. The van der Waals surface area contributed by atoms with E-state index in [2.05, 4.69) is 11.3 Å². The molecule has 104 valence electrons. The molecule has 0 saturated carbocycles. The van der Waals surface area contributed by atoms with Crippen molar-refractivity contribution >= 4 is 21.8 Å². The van der Waals surface area contributed by atoms with E-state index in [0.717, 1.165) is 5.56 Å². The first kappa shape index (κ1) is 14.1. The van der Waals surface area contributed by atoms with Crippen molar-refractivity contribution in [2.45, 2.75) is 4.90 Å². The van der Waals surface area contributed by atoms with E-state index in [-0.39, 0.29) is 4.90 Å². The molecular weight excluding hydrogens is 274 g/mol. The summed E-state index contributed by atoms with van der Waals surface area (Å²) >= 11 is 0. The van der Waals surface area contributed by atoms with Crippen LogP contribution in [0, 0.1) is 0 Å². The molecule has 0 fully saturated rings. The normalized spacial score (nSPS) is 10.8. The minimum absolute atomic E-state index is 0.189. The zero-order chi connectivity index (χ0) is 14.6. The Morgan fingerprint density at radius 2 is 1.75 bits per heavy atom. The van der Waals surface area contributed by atoms with Crippen LogP contribution >= 0.6 is 0 Å². The van der Waals surface area contributed by atoms with Gasteiger partial charge < -0.3 is 4.74 Å². The predicted octanol–water partition coefficient (Wildman–Crippen LogP) is 3.14. The van der Waals surface area contributed by atoms with Crippen LogP contribution in [0.25, 0.3) is 6.08 Å². The Morgan fingerprint density at radius 3 is 2.35 bits per heavy atom. The Labute approximate surface area is 118 Å². The van der Waals surface area contributed by atoms with Crippen molar-refractivity contribution in [3.05, 3.63) is 60.7 Å². The van der Waals surface area contributed by atoms with Crippen molar-refractivity contribution in [3.8, 4) is 5.75 Å². The third kappa shape index (κ3) is 3.00. The maximum absolute atomic E-state index is 12.3. The lowest BCUT2D eigenvalue weighted by Crippen LogP contribution is -2.13. The fourth-order valence-electron chi connectivity index (χ4n) is 1.72. The van der Waals surface area contributed by atoms with Crippen LogP contribution in [0.3, 0.4) is 0 Å². The van der Waals surface area contributed by atoms with E-state index in [9.17, 15) is 8.42 Å². The van der Waals surface area contributed by atoms with E-state index in [4.69, 9.17) is 4.74 Å². The van der Waals surface area contributed by atoms with Gasteiger partial charge in [0.05, 0.1) is 17.7 Å². The van der Waals surface area contributed by atoms with Crippen molar-refractivity contribution in [2.75, 3.05) is 11.8 Å². The highest BCUT2D eigenvalue weighted by atomic mass is 32.2. The molecule has 0 amide bonds. The fraction of sp³-hybridized carbons (Fsp3) is 0.0667. The molecule has 2 rings (SSSR count). The van der Waals surface area contributed by atoms with Crippen LogP contribution in [-0.2, 0) is 10.0 Å². The molecule has 2 aromatic rings. The number of ether oxygens (including phenoxy) is 1. The van der Waals surface area contributed by atoms with Gasteiger partial charge >= 0.3 is 0 Å². The second kappa shape index (κ2) is 5.79. The zero-order valence-electron chi connectivity index (χ0n) is 11.0. The van der Waals surface area contributed by atoms with Gasteiger partial charge in [-0.15, -0.1) is 0 Å². The minimum atomic E-state index is -3.64. The molecule has 0 aromatic heterocycles. The first-order valence-corrected chi connectivity index (χ1v) is 7.43. The minimum Gasteiger partial charge on any atom is -0.495 e. The Balaban J connectivity index is 2.32. The van der Waals surface area contributed by atoms with Gasteiger partial charge in [-0.2, -0.15) is 0 Å². The van der Waals surface area contributed by atoms with Gasteiger partial charge in [-0.3, -0.25) is 4.72 Å². The van der Waals surface area contributed by atoms with Crippen molar-refractivity contribution in [3.63, 3.8) is 0 Å². The van der Waals surface area contributed by atoms with Crippen LogP contribution in [0.15, 0.2) is 60.0 Å². The predicted molar refractivity (Wildman–Crippen MR) is 80.3 cm³/mol. The lowest BCUT2D eigenvalue weighted by atomic mass is 10.2. The van der Waals surface area contributed by atoms with Crippen molar-refractivity contribution < 1.29 is 13.2 Å². The molecule has 0 saturated heterocycles. The number of hydrogen-bond acceptors (Lipinski definition) is 3. The summed E-state index contributed by atoms with van der Waals surface area (Å²) in [7, 11) is -2.14. The van der Waals surface area contributed by atoms with Gasteiger partial charge in [0.25, 0.3) is 10.0 Å². The van der Waals surface area contributed by atoms with E-state index in [1.807, 2.05) is 0 Å². The SMILES string of the molecule is C=Cc1ccc(S(=O)(=O)Nc2ccccc2OC)cc1. The van der Waals surface area contributed by atoms with Crippen LogP contribution in [0.1, 0.15) is 5.56 Å². The van der Waals surface area contributed by atoms with E-state index >= 15 is 0 Å². The van der Waals surface area contributed by atoms with Crippen molar-refractivity contribution in [1.29, 1.82) is 0 Å². The number of hydrogen-bond donors (Lipinski definition) is 1. The Morgan fingerprint density at radius 1 is 1.10 bits per heavy atom. The third-order valence-electron chi connectivity index (χ3n) is 2.78. The van der Waals surface area contributed by atoms with Crippen LogP contribution < -0.4 is 9.46 Å². The number of anilines is 1. The number of para-hydroxylation sites is 2. The third-order valence-corrected chi connectivity index (χ3v) is 4.16. The van der Waals surface area contributed by atoms with Gasteiger partial charge in [0, 0.05) is 0 Å². The summed E-state index contributed by atoms with van der Waals surface area (Å²) in [5.41, 5.74) is 1.27. The van der Waals surface area contributed by atoms with Gasteiger partial charge in [-0.1, -0.05) is 36.9 Å². The second-order valence-electron chi connectivity index (χ2n) is 4.08. The summed E-state index contributed by atoms with van der Waals surface area (Å²) in [5, 5.41) is 0. The highest BCUT2D eigenvalue weighted by Crippen LogP contribution is 2.26. The van der Waals surface area contributed by atoms with Gasteiger partial charge in [0.15, 0.2) is 0 Å². The Bertz CT molecular complexity index is 706. The molecule has 0 heterocycles. The molecule has 20 heavy (non-hydrogen) atoms. The van der Waals surface area contributed by atoms with E-state index in [1.54, 1.807) is 42.5 Å². The number of sulfonamides is 1. The van der Waals surface area contributed by atoms with E-state index in [1.165, 1.54) is 19.2 Å². The first-order valence-electron chi connectivity index (χ1n) is 5.95. The van der Waals surface area contributed by atoms with E-state index < -0.39 is 10.0 Å². The molecule has 0 spiro atoms. The molecule has 5 heteroatoms. The molecule has 0 aliphatic heterocycles. The highest BCUT2D eigenvalue weighted by Gasteiger charge is 2.15. The number of nitrogens with one attached hydrogen (secondary N) is 1. The Kier molecular flexibility index (Phi) is 4.10. The quantitative estimate of drug-likeness (QED) is 0.920. The summed E-state index contributed by atoms with van der Waals surface area (Å²) in [6.45, 7) is 3.63. The zero-order valence-corrected chi connectivity index (χ0v) is 11.9. The molecule has 0 aliphatic rings. The Hall–Kier alpha value is -2.27. The van der Waals surface area contributed by atoms with Gasteiger partial charge in [-0.25, -0.2) is 8.42 Å². The summed E-state index contributed by atoms with van der Waals surface area (Å²) < 4.78 is 32.2. The van der Waals surface area contributed by atoms with Gasteiger partial charge in [-0.05, 0) is 29.8 Å². The second-order valence-corrected chi connectivity index (χ2v) is 5.76.